The van der Waals surface area contributed by atoms with Crippen molar-refractivity contribution < 1.29 is 13.9 Å². The fourth-order valence-corrected chi connectivity index (χ4v) is 4.43. The molecule has 29 heavy (non-hydrogen) atoms. The van der Waals surface area contributed by atoms with Gasteiger partial charge in [-0.1, -0.05) is 12.5 Å². The first-order chi connectivity index (χ1) is 14.0. The number of hydrogen-bond acceptors (Lipinski definition) is 4. The lowest BCUT2D eigenvalue weighted by molar-refractivity contribution is -0.118. The van der Waals surface area contributed by atoms with Crippen LogP contribution in [-0.2, 0) is 10.3 Å². The molecule has 2 N–H and O–H groups in total. The van der Waals surface area contributed by atoms with Gasteiger partial charge in [0.2, 0.25) is 5.95 Å². The molecule has 6 nitrogen and oxygen atoms in total. The summed E-state index contributed by atoms with van der Waals surface area (Å²) >= 11 is 0. The van der Waals surface area contributed by atoms with E-state index in [2.05, 4.69) is 4.98 Å². The monoisotopic (exact) mass is 396 g/mol. The van der Waals surface area contributed by atoms with E-state index in [-0.39, 0.29) is 18.0 Å². The number of ether oxygens (including phenoxy) is 1. The third-order valence-corrected chi connectivity index (χ3v) is 5.96. The molecule has 152 valence electrons. The van der Waals surface area contributed by atoms with Gasteiger partial charge in [-0.05, 0) is 49.1 Å². The van der Waals surface area contributed by atoms with Crippen LogP contribution in [-0.4, -0.2) is 42.3 Å². The van der Waals surface area contributed by atoms with Crippen molar-refractivity contribution in [2.24, 2.45) is 16.6 Å². The van der Waals surface area contributed by atoms with Gasteiger partial charge in [0.15, 0.2) is 17.8 Å². The summed E-state index contributed by atoms with van der Waals surface area (Å²) in [5, 5.41) is 0. The maximum Gasteiger partial charge on any atom is 0.220 e. The van der Waals surface area contributed by atoms with E-state index in [1.807, 2.05) is 0 Å². The molecular weight excluding hydrogens is 371 g/mol. The van der Waals surface area contributed by atoms with Gasteiger partial charge in [-0.2, -0.15) is 4.39 Å². The Morgan fingerprint density at radius 3 is 2.86 bits per heavy atom. The van der Waals surface area contributed by atoms with Crippen LogP contribution in [0.5, 0.6) is 5.75 Å². The standard InChI is InChI=1S/C22H25FN4O2/c1-27(2)21(24)26-22(13-28)16-7-3-4-8-18(16)29-19-10-9-14(12-17(19)22)15-6-5-11-25-20(15)23/h5-6,9-13,16,18H,3-4,7-8H2,1-2H3,(H2,24,26). The summed E-state index contributed by atoms with van der Waals surface area (Å²) < 4.78 is 20.6. The third kappa shape index (κ3) is 3.24. The molecule has 1 aromatic heterocycles. The van der Waals surface area contributed by atoms with Crippen LogP contribution in [0.15, 0.2) is 41.5 Å². The summed E-state index contributed by atoms with van der Waals surface area (Å²) in [6.45, 7) is 0. The number of carbonyl (C=O) groups excluding carboxylic acids is 1. The van der Waals surface area contributed by atoms with Crippen LogP contribution in [0.25, 0.3) is 11.1 Å². The summed E-state index contributed by atoms with van der Waals surface area (Å²) in [6, 6.07) is 8.72. The number of halogens is 1. The fourth-order valence-electron chi connectivity index (χ4n) is 4.43. The largest absolute Gasteiger partial charge is 0.490 e. The van der Waals surface area contributed by atoms with Crippen LogP contribution in [0.1, 0.15) is 31.2 Å². The molecule has 2 aromatic rings. The first-order valence-corrected chi connectivity index (χ1v) is 9.87. The molecule has 1 aliphatic heterocycles. The topological polar surface area (TPSA) is 80.8 Å². The highest BCUT2D eigenvalue weighted by Crippen LogP contribution is 2.50. The van der Waals surface area contributed by atoms with E-state index < -0.39 is 11.5 Å². The number of aromatic nitrogens is 1. The number of guanidine groups is 1. The Labute approximate surface area is 169 Å². The second-order valence-corrected chi connectivity index (χ2v) is 7.91. The van der Waals surface area contributed by atoms with Crippen LogP contribution >= 0.6 is 0 Å². The molecular formula is C22H25FN4O2. The van der Waals surface area contributed by atoms with Gasteiger partial charge in [-0.15, -0.1) is 0 Å². The maximum absolute atomic E-state index is 14.3. The number of benzene rings is 1. The van der Waals surface area contributed by atoms with Crippen LogP contribution in [0.3, 0.4) is 0 Å². The molecule has 4 rings (SSSR count). The summed E-state index contributed by atoms with van der Waals surface area (Å²) in [4.78, 5) is 22.8. The SMILES string of the molecule is CN(C)C(N)=NC1(C=O)c2cc(-c3cccnc3F)ccc2OC2CCCCC21. The molecule has 1 aliphatic carbocycles. The lowest BCUT2D eigenvalue weighted by atomic mass is 9.68. The van der Waals surface area contributed by atoms with Crippen LogP contribution in [0.4, 0.5) is 4.39 Å². The lowest BCUT2D eigenvalue weighted by Gasteiger charge is -2.46. The van der Waals surface area contributed by atoms with Gasteiger partial charge >= 0.3 is 0 Å². The van der Waals surface area contributed by atoms with Crippen molar-refractivity contribution in [2.45, 2.75) is 37.3 Å². The molecule has 1 fully saturated rings. The van der Waals surface area contributed by atoms with Crippen molar-refractivity contribution in [1.29, 1.82) is 0 Å². The average Bonchev–Trinajstić information content (AvgIpc) is 2.73. The lowest BCUT2D eigenvalue weighted by Crippen LogP contribution is -2.51. The summed E-state index contributed by atoms with van der Waals surface area (Å²) in [7, 11) is 3.58. The Morgan fingerprint density at radius 2 is 2.14 bits per heavy atom. The molecule has 7 heteroatoms. The highest BCUT2D eigenvalue weighted by Gasteiger charge is 2.51. The zero-order valence-corrected chi connectivity index (χ0v) is 16.6. The third-order valence-electron chi connectivity index (χ3n) is 5.96. The zero-order chi connectivity index (χ0) is 20.6. The minimum absolute atomic E-state index is 0.0962. The van der Waals surface area contributed by atoms with Gasteiger partial charge in [0.1, 0.15) is 11.9 Å². The Bertz CT molecular complexity index is 962. The number of nitrogens with zero attached hydrogens (tertiary/aromatic N) is 3. The van der Waals surface area contributed by atoms with Crippen LogP contribution in [0, 0.1) is 11.9 Å². The molecule has 0 amide bonds. The molecule has 0 spiro atoms. The molecule has 0 radical (unpaired) electrons. The van der Waals surface area contributed by atoms with E-state index in [1.165, 1.54) is 6.20 Å². The van der Waals surface area contributed by atoms with E-state index in [0.717, 1.165) is 32.0 Å². The molecule has 0 bridgehead atoms. The molecule has 1 saturated carbocycles. The van der Waals surface area contributed by atoms with Crippen molar-refractivity contribution in [3.63, 3.8) is 0 Å². The number of aliphatic imine (C=N–C) groups is 1. The van der Waals surface area contributed by atoms with Gasteiger partial charge in [-0.3, -0.25) is 0 Å². The normalized spacial score (nSPS) is 26.1. The van der Waals surface area contributed by atoms with Gasteiger partial charge in [0.05, 0.1) is 0 Å². The number of rotatable bonds is 3. The summed E-state index contributed by atoms with van der Waals surface area (Å²) in [5.41, 5.74) is 6.62. The van der Waals surface area contributed by atoms with Crippen LogP contribution in [0.2, 0.25) is 0 Å². The number of fused-ring (bicyclic) bond motifs is 2. The van der Waals surface area contributed by atoms with Crippen molar-refractivity contribution in [2.75, 3.05) is 14.1 Å². The van der Waals surface area contributed by atoms with Crippen molar-refractivity contribution in [3.05, 3.63) is 48.0 Å². The van der Waals surface area contributed by atoms with Gasteiger partial charge in [0, 0.05) is 37.3 Å². The van der Waals surface area contributed by atoms with Crippen LogP contribution < -0.4 is 10.5 Å². The van der Waals surface area contributed by atoms with Crippen molar-refractivity contribution >= 4 is 12.2 Å². The predicted molar refractivity (Wildman–Crippen MR) is 109 cm³/mol. The van der Waals surface area contributed by atoms with E-state index in [4.69, 9.17) is 15.5 Å². The van der Waals surface area contributed by atoms with E-state index >= 15 is 0 Å². The van der Waals surface area contributed by atoms with Crippen molar-refractivity contribution in [1.82, 2.24) is 9.88 Å². The van der Waals surface area contributed by atoms with E-state index in [1.54, 1.807) is 49.3 Å². The predicted octanol–water partition coefficient (Wildman–Crippen LogP) is 3.11. The second-order valence-electron chi connectivity index (χ2n) is 7.91. The minimum Gasteiger partial charge on any atom is -0.490 e. The Hall–Kier alpha value is -2.96. The smallest absolute Gasteiger partial charge is 0.220 e. The van der Waals surface area contributed by atoms with Gasteiger partial charge < -0.3 is 20.2 Å². The minimum atomic E-state index is -1.16. The quantitative estimate of drug-likeness (QED) is 0.373. The molecule has 2 heterocycles. The second kappa shape index (κ2) is 7.46. The van der Waals surface area contributed by atoms with Gasteiger partial charge in [0.25, 0.3) is 0 Å². The Morgan fingerprint density at radius 1 is 1.34 bits per heavy atom. The number of pyridine rings is 1. The zero-order valence-electron chi connectivity index (χ0n) is 16.6. The first-order valence-electron chi connectivity index (χ1n) is 9.87. The first kappa shape index (κ1) is 19.4. The summed E-state index contributed by atoms with van der Waals surface area (Å²) in [6.07, 6.45) is 5.94. The maximum atomic E-state index is 14.3. The van der Waals surface area contributed by atoms with Gasteiger partial charge in [-0.25, -0.2) is 9.98 Å². The highest BCUT2D eigenvalue weighted by atomic mass is 19.1. The number of nitrogens with two attached hydrogens (primary N) is 1. The molecule has 1 aromatic carbocycles. The Balaban J connectivity index is 1.93. The molecule has 3 atom stereocenters. The Kier molecular flexibility index (Phi) is 4.98. The fraction of sp³-hybridized carbons (Fsp3) is 0.409. The van der Waals surface area contributed by atoms with E-state index in [9.17, 15) is 9.18 Å². The van der Waals surface area contributed by atoms with E-state index in [0.29, 0.717) is 22.4 Å². The number of carbonyl (C=O) groups is 1. The highest BCUT2D eigenvalue weighted by molar-refractivity contribution is 5.84. The number of aldehydes is 1. The van der Waals surface area contributed by atoms with Crippen molar-refractivity contribution in [3.8, 4) is 16.9 Å². The molecule has 2 aliphatic rings. The summed E-state index contributed by atoms with van der Waals surface area (Å²) in [5.74, 6) is 0.192. The molecule has 3 unspecified atom stereocenters. The molecule has 0 saturated heterocycles. The average molecular weight is 396 g/mol. The number of hydrogen-bond donors (Lipinski definition) is 1.